The number of carbonyl (C=O) groups is 1. The van der Waals surface area contributed by atoms with Gasteiger partial charge in [0.05, 0.1) is 0 Å². The van der Waals surface area contributed by atoms with Gasteiger partial charge in [0, 0.05) is 0 Å². The van der Waals surface area contributed by atoms with Crippen LogP contribution in [0.25, 0.3) is 0 Å². The van der Waals surface area contributed by atoms with Gasteiger partial charge in [-0.1, -0.05) is 18.2 Å². The van der Waals surface area contributed by atoms with E-state index in [0.717, 1.165) is 32.2 Å². The van der Waals surface area contributed by atoms with Crippen LogP contribution in [-0.4, -0.2) is 12.5 Å². The molecule has 0 aliphatic rings. The summed E-state index contributed by atoms with van der Waals surface area (Å²) in [7, 11) is 0. The van der Waals surface area contributed by atoms with Gasteiger partial charge in [0.25, 0.3) is 0 Å². The average molecular weight is 182 g/mol. The Morgan fingerprint density at radius 2 is 1.92 bits per heavy atom. The molecule has 0 saturated carbocycles. The minimum absolute atomic E-state index is 0.392. The van der Waals surface area contributed by atoms with E-state index in [0.29, 0.717) is 0 Å². The van der Waals surface area contributed by atoms with Gasteiger partial charge >= 0.3 is 0 Å². The summed E-state index contributed by atoms with van der Waals surface area (Å²) in [6, 6.07) is 0. The highest BCUT2D eigenvalue weighted by Gasteiger charge is 1.81. The predicted octanol–water partition coefficient (Wildman–Crippen LogP) is 1.10. The van der Waals surface area contributed by atoms with Gasteiger partial charge in [0.1, 0.15) is 0 Å². The molecular weight excluding hydrogens is 164 g/mol. The molecule has 3 nitrogen and oxygen atoms in total. The molecule has 0 radical (unpaired) electrons. The molecular formula is C10H18N2O. The van der Waals surface area contributed by atoms with Gasteiger partial charge in [-0.2, -0.15) is 0 Å². The highest BCUT2D eigenvalue weighted by Crippen LogP contribution is 1.96. The lowest BCUT2D eigenvalue weighted by Crippen LogP contribution is -2.05. The van der Waals surface area contributed by atoms with E-state index in [4.69, 9.17) is 11.5 Å². The maximum Gasteiger partial charge on any atom is 0.241 e. The Labute approximate surface area is 79.5 Å². The molecule has 0 atom stereocenters. The topological polar surface area (TPSA) is 69.1 Å². The van der Waals surface area contributed by atoms with Crippen LogP contribution in [0, 0.1) is 0 Å². The first-order chi connectivity index (χ1) is 6.27. The van der Waals surface area contributed by atoms with E-state index in [2.05, 4.69) is 6.08 Å². The lowest BCUT2D eigenvalue weighted by atomic mass is 10.2. The Balaban J connectivity index is 3.26. The third-order valence-electron chi connectivity index (χ3n) is 1.55. The second kappa shape index (κ2) is 9.00. The van der Waals surface area contributed by atoms with Gasteiger partial charge in [-0.25, -0.2) is 0 Å². The van der Waals surface area contributed by atoms with Crippen molar-refractivity contribution in [2.24, 2.45) is 11.5 Å². The Morgan fingerprint density at radius 3 is 2.54 bits per heavy atom. The van der Waals surface area contributed by atoms with E-state index in [1.54, 1.807) is 6.08 Å². The number of amides is 1. The van der Waals surface area contributed by atoms with Crippen LogP contribution in [0.5, 0.6) is 0 Å². The largest absolute Gasteiger partial charge is 0.366 e. The van der Waals surface area contributed by atoms with Gasteiger partial charge in [0.2, 0.25) is 5.91 Å². The molecule has 0 bridgehead atoms. The van der Waals surface area contributed by atoms with Crippen LogP contribution in [-0.2, 0) is 4.79 Å². The van der Waals surface area contributed by atoms with E-state index >= 15 is 0 Å². The summed E-state index contributed by atoms with van der Waals surface area (Å²) in [6.45, 7) is 0.759. The first-order valence-corrected chi connectivity index (χ1v) is 4.58. The molecule has 74 valence electrons. The molecule has 0 fully saturated rings. The summed E-state index contributed by atoms with van der Waals surface area (Å²) in [6.07, 6.45) is 11.3. The van der Waals surface area contributed by atoms with Crippen molar-refractivity contribution in [2.75, 3.05) is 6.54 Å². The fraction of sp³-hybridized carbons (Fsp3) is 0.500. The molecule has 0 unspecified atom stereocenters. The van der Waals surface area contributed by atoms with E-state index < -0.39 is 5.91 Å². The molecule has 0 heterocycles. The monoisotopic (exact) mass is 182 g/mol. The maximum absolute atomic E-state index is 10.3. The van der Waals surface area contributed by atoms with Crippen molar-refractivity contribution in [3.05, 3.63) is 24.3 Å². The zero-order valence-electron chi connectivity index (χ0n) is 7.91. The van der Waals surface area contributed by atoms with Gasteiger partial charge in [-0.15, -0.1) is 0 Å². The van der Waals surface area contributed by atoms with Crippen molar-refractivity contribution in [1.29, 1.82) is 0 Å². The smallest absolute Gasteiger partial charge is 0.241 e. The van der Waals surface area contributed by atoms with Gasteiger partial charge in [-0.3, -0.25) is 4.79 Å². The molecule has 0 aliphatic heterocycles. The molecule has 0 aromatic rings. The maximum atomic E-state index is 10.3. The highest BCUT2D eigenvalue weighted by molar-refractivity contribution is 5.85. The second-order valence-corrected chi connectivity index (χ2v) is 2.80. The fourth-order valence-electron chi connectivity index (χ4n) is 0.883. The number of allylic oxidation sites excluding steroid dienone is 3. The first-order valence-electron chi connectivity index (χ1n) is 4.58. The average Bonchev–Trinajstić information content (AvgIpc) is 2.09. The summed E-state index contributed by atoms with van der Waals surface area (Å²) in [5, 5.41) is 0. The molecule has 1 amide bonds. The van der Waals surface area contributed by atoms with Crippen LogP contribution in [0.2, 0.25) is 0 Å². The zero-order valence-corrected chi connectivity index (χ0v) is 7.91. The number of nitrogens with two attached hydrogens (primary N) is 2. The molecule has 3 heteroatoms. The molecule has 0 saturated heterocycles. The van der Waals surface area contributed by atoms with Crippen LogP contribution in [0.3, 0.4) is 0 Å². The van der Waals surface area contributed by atoms with E-state index in [-0.39, 0.29) is 0 Å². The number of rotatable bonds is 7. The van der Waals surface area contributed by atoms with Gasteiger partial charge < -0.3 is 11.5 Å². The normalized spacial score (nSPS) is 11.5. The SMILES string of the molecule is NCCCCC=CCC=CC(N)=O. The van der Waals surface area contributed by atoms with Gasteiger partial charge in [-0.05, 0) is 38.3 Å². The van der Waals surface area contributed by atoms with Crippen LogP contribution in [0.15, 0.2) is 24.3 Å². The minimum Gasteiger partial charge on any atom is -0.366 e. The Hall–Kier alpha value is -1.09. The fourth-order valence-corrected chi connectivity index (χ4v) is 0.883. The molecule has 13 heavy (non-hydrogen) atoms. The highest BCUT2D eigenvalue weighted by atomic mass is 16.1. The van der Waals surface area contributed by atoms with Crippen molar-refractivity contribution in [2.45, 2.75) is 25.7 Å². The van der Waals surface area contributed by atoms with Crippen LogP contribution in [0.4, 0.5) is 0 Å². The number of hydrogen-bond donors (Lipinski definition) is 2. The quantitative estimate of drug-likeness (QED) is 0.352. The lowest BCUT2D eigenvalue weighted by molar-refractivity contribution is -0.113. The Kier molecular flexibility index (Phi) is 8.25. The summed E-state index contributed by atoms with van der Waals surface area (Å²) in [5.41, 5.74) is 10.2. The van der Waals surface area contributed by atoms with E-state index in [9.17, 15) is 4.79 Å². The summed E-state index contributed by atoms with van der Waals surface area (Å²) < 4.78 is 0. The Bertz CT molecular complexity index is 185. The van der Waals surface area contributed by atoms with Crippen molar-refractivity contribution < 1.29 is 4.79 Å². The number of primary amides is 1. The third-order valence-corrected chi connectivity index (χ3v) is 1.55. The molecule has 0 rings (SSSR count). The number of carbonyl (C=O) groups excluding carboxylic acids is 1. The first kappa shape index (κ1) is 11.9. The molecule has 0 aromatic heterocycles. The van der Waals surface area contributed by atoms with Gasteiger partial charge in [0.15, 0.2) is 0 Å². The lowest BCUT2D eigenvalue weighted by Gasteiger charge is -1.90. The standard InChI is InChI=1S/C10H18N2O/c11-9-7-5-3-1-2-4-6-8-10(12)13/h1-2,6,8H,3-5,7,9,11H2,(H2,12,13). The molecule has 0 aliphatic carbocycles. The molecule has 4 N–H and O–H groups in total. The minimum atomic E-state index is -0.392. The number of hydrogen-bond acceptors (Lipinski definition) is 2. The van der Waals surface area contributed by atoms with Crippen LogP contribution < -0.4 is 11.5 Å². The number of unbranched alkanes of at least 4 members (excludes halogenated alkanes) is 2. The van der Waals surface area contributed by atoms with Crippen LogP contribution >= 0.6 is 0 Å². The van der Waals surface area contributed by atoms with Crippen molar-refractivity contribution >= 4 is 5.91 Å². The second-order valence-electron chi connectivity index (χ2n) is 2.80. The molecule has 0 spiro atoms. The predicted molar refractivity (Wildman–Crippen MR) is 55.0 cm³/mol. The van der Waals surface area contributed by atoms with E-state index in [1.165, 1.54) is 6.08 Å². The summed E-state index contributed by atoms with van der Waals surface area (Å²) >= 11 is 0. The summed E-state index contributed by atoms with van der Waals surface area (Å²) in [4.78, 5) is 10.3. The van der Waals surface area contributed by atoms with Crippen LogP contribution in [0.1, 0.15) is 25.7 Å². The summed E-state index contributed by atoms with van der Waals surface area (Å²) in [5.74, 6) is -0.392. The third kappa shape index (κ3) is 10.9. The Morgan fingerprint density at radius 1 is 1.15 bits per heavy atom. The van der Waals surface area contributed by atoms with Crippen molar-refractivity contribution in [1.82, 2.24) is 0 Å². The molecule has 0 aromatic carbocycles. The van der Waals surface area contributed by atoms with Crippen molar-refractivity contribution in [3.63, 3.8) is 0 Å². The van der Waals surface area contributed by atoms with Crippen molar-refractivity contribution in [3.8, 4) is 0 Å². The van der Waals surface area contributed by atoms with E-state index in [1.807, 2.05) is 6.08 Å². The zero-order chi connectivity index (χ0) is 9.94.